The zero-order valence-corrected chi connectivity index (χ0v) is 12.3. The topological polar surface area (TPSA) is 46.3 Å². The van der Waals surface area contributed by atoms with E-state index in [0.29, 0.717) is 12.6 Å². The van der Waals surface area contributed by atoms with Gasteiger partial charge in [-0.2, -0.15) is 0 Å². The van der Waals surface area contributed by atoms with Gasteiger partial charge >= 0.3 is 0 Å². The van der Waals surface area contributed by atoms with Crippen LogP contribution in [0.1, 0.15) is 47.2 Å². The molecule has 0 radical (unpaired) electrons. The van der Waals surface area contributed by atoms with Gasteiger partial charge in [0.2, 0.25) is 0 Å². The van der Waals surface area contributed by atoms with Crippen molar-refractivity contribution in [1.29, 1.82) is 0 Å². The zero-order chi connectivity index (χ0) is 14.5. The molecule has 1 aliphatic rings. The number of hydrogen-bond donors (Lipinski definition) is 1. The lowest BCUT2D eigenvalue weighted by Crippen LogP contribution is -2.35. The zero-order valence-electron chi connectivity index (χ0n) is 12.3. The Hall–Kier alpha value is -1.79. The first-order chi connectivity index (χ1) is 9.63. The molecule has 0 bridgehead atoms. The van der Waals surface area contributed by atoms with Crippen LogP contribution >= 0.6 is 0 Å². The summed E-state index contributed by atoms with van der Waals surface area (Å²) in [4.78, 5) is 14.5. The first kappa shape index (κ1) is 14.6. The summed E-state index contributed by atoms with van der Waals surface area (Å²) in [6.45, 7) is 2.30. The summed E-state index contributed by atoms with van der Waals surface area (Å²) in [5.41, 5.74) is 7.99. The third-order valence-electron chi connectivity index (χ3n) is 4.00. The molecule has 0 aliphatic heterocycles. The molecule has 1 aliphatic carbocycles. The fourth-order valence-electron chi connectivity index (χ4n) is 2.73. The third-order valence-corrected chi connectivity index (χ3v) is 4.00. The predicted molar refractivity (Wildman–Crippen MR) is 81.5 cm³/mol. The average molecular weight is 270 g/mol. The van der Waals surface area contributed by atoms with E-state index in [9.17, 15) is 4.79 Å². The van der Waals surface area contributed by atoms with Gasteiger partial charge in [-0.3, -0.25) is 4.79 Å². The Balaban J connectivity index is 2.23. The molecule has 20 heavy (non-hydrogen) atoms. The number of rotatable bonds is 2. The maximum atomic E-state index is 12.6. The highest BCUT2D eigenvalue weighted by atomic mass is 16.2. The second-order valence-electron chi connectivity index (χ2n) is 5.39. The molecule has 106 valence electrons. The van der Waals surface area contributed by atoms with Gasteiger partial charge in [-0.25, -0.2) is 0 Å². The maximum Gasteiger partial charge on any atom is 0.254 e. The molecule has 3 heteroatoms. The quantitative estimate of drug-likeness (QED) is 0.838. The maximum absolute atomic E-state index is 12.6. The van der Waals surface area contributed by atoms with Crippen molar-refractivity contribution in [3.8, 4) is 11.8 Å². The number of carbonyl (C=O) groups is 1. The Labute approximate surface area is 121 Å². The number of nitrogens with zero attached hydrogens (tertiary/aromatic N) is 1. The van der Waals surface area contributed by atoms with Crippen LogP contribution in [0.3, 0.4) is 0 Å². The average Bonchev–Trinajstić information content (AvgIpc) is 2.99. The molecule has 1 amide bonds. The standard InChI is InChI=1S/C17H22N2O/c1-13-9-10-14(6-5-11-18)12-16(13)17(20)19(2)15-7-3-4-8-15/h9-10,12,15H,3-4,7-8,11,18H2,1-2H3. The molecule has 0 spiro atoms. The van der Waals surface area contributed by atoms with Gasteiger partial charge in [0, 0.05) is 24.2 Å². The normalized spacial score (nSPS) is 14.8. The number of amides is 1. The Kier molecular flexibility index (Phi) is 4.81. The number of hydrogen-bond acceptors (Lipinski definition) is 2. The highest BCUT2D eigenvalue weighted by Gasteiger charge is 2.25. The van der Waals surface area contributed by atoms with E-state index in [4.69, 9.17) is 5.73 Å². The van der Waals surface area contributed by atoms with Crippen molar-refractivity contribution in [3.63, 3.8) is 0 Å². The molecule has 0 unspecified atom stereocenters. The Morgan fingerprint density at radius 1 is 1.40 bits per heavy atom. The summed E-state index contributed by atoms with van der Waals surface area (Å²) in [6.07, 6.45) is 4.69. The van der Waals surface area contributed by atoms with Crippen molar-refractivity contribution in [2.45, 2.75) is 38.6 Å². The van der Waals surface area contributed by atoms with Gasteiger partial charge in [-0.15, -0.1) is 0 Å². The Morgan fingerprint density at radius 2 is 2.10 bits per heavy atom. The molecule has 0 saturated heterocycles. The molecular formula is C17H22N2O. The molecule has 1 saturated carbocycles. The smallest absolute Gasteiger partial charge is 0.254 e. The summed E-state index contributed by atoms with van der Waals surface area (Å²) < 4.78 is 0. The first-order valence-electron chi connectivity index (χ1n) is 7.20. The SMILES string of the molecule is Cc1ccc(C#CCN)cc1C(=O)N(C)C1CCCC1. The second-order valence-corrected chi connectivity index (χ2v) is 5.39. The fraction of sp³-hybridized carbons (Fsp3) is 0.471. The highest BCUT2D eigenvalue weighted by Crippen LogP contribution is 2.24. The van der Waals surface area contributed by atoms with Gasteiger partial charge in [0.1, 0.15) is 0 Å². The largest absolute Gasteiger partial charge is 0.339 e. The molecule has 1 fully saturated rings. The molecule has 0 heterocycles. The van der Waals surface area contributed by atoms with Crippen LogP contribution in [0.15, 0.2) is 18.2 Å². The summed E-state index contributed by atoms with van der Waals surface area (Å²) in [5.74, 6) is 5.92. The number of carbonyl (C=O) groups excluding carboxylic acids is 1. The number of benzene rings is 1. The number of aryl methyl sites for hydroxylation is 1. The molecule has 2 rings (SSSR count). The van der Waals surface area contributed by atoms with E-state index in [-0.39, 0.29) is 5.91 Å². The second kappa shape index (κ2) is 6.58. The van der Waals surface area contributed by atoms with Crippen LogP contribution in [-0.4, -0.2) is 30.4 Å². The lowest BCUT2D eigenvalue weighted by atomic mass is 10.0. The summed E-state index contributed by atoms with van der Waals surface area (Å²) in [5, 5.41) is 0. The molecule has 0 atom stereocenters. The Bertz CT molecular complexity index is 548. The van der Waals surface area contributed by atoms with Gasteiger partial charge in [-0.1, -0.05) is 30.7 Å². The van der Waals surface area contributed by atoms with Gasteiger partial charge in [-0.05, 0) is 37.5 Å². The lowest BCUT2D eigenvalue weighted by Gasteiger charge is -2.25. The van der Waals surface area contributed by atoms with Crippen molar-refractivity contribution in [2.24, 2.45) is 5.73 Å². The van der Waals surface area contributed by atoms with E-state index in [2.05, 4.69) is 11.8 Å². The van der Waals surface area contributed by atoms with Crippen LogP contribution in [0.25, 0.3) is 0 Å². The van der Waals surface area contributed by atoms with Gasteiger partial charge in [0.15, 0.2) is 0 Å². The molecule has 3 nitrogen and oxygen atoms in total. The van der Waals surface area contributed by atoms with Gasteiger partial charge in [0.25, 0.3) is 5.91 Å². The summed E-state index contributed by atoms with van der Waals surface area (Å²) >= 11 is 0. The van der Waals surface area contributed by atoms with Crippen molar-refractivity contribution in [3.05, 3.63) is 34.9 Å². The monoisotopic (exact) mass is 270 g/mol. The number of nitrogens with two attached hydrogens (primary N) is 1. The predicted octanol–water partition coefficient (Wildman–Crippen LogP) is 2.32. The minimum atomic E-state index is 0.103. The van der Waals surface area contributed by atoms with Crippen LogP contribution in [-0.2, 0) is 0 Å². The lowest BCUT2D eigenvalue weighted by molar-refractivity contribution is 0.0734. The van der Waals surface area contributed by atoms with Crippen molar-refractivity contribution >= 4 is 5.91 Å². The molecule has 2 N–H and O–H groups in total. The summed E-state index contributed by atoms with van der Waals surface area (Å²) in [7, 11) is 1.91. The molecule has 1 aromatic rings. The van der Waals surface area contributed by atoms with Crippen LogP contribution < -0.4 is 5.73 Å². The van der Waals surface area contributed by atoms with Crippen LogP contribution in [0.2, 0.25) is 0 Å². The third kappa shape index (κ3) is 3.20. The summed E-state index contributed by atoms with van der Waals surface area (Å²) in [6, 6.07) is 6.16. The minimum absolute atomic E-state index is 0.103. The van der Waals surface area contributed by atoms with Crippen LogP contribution in [0.5, 0.6) is 0 Å². The van der Waals surface area contributed by atoms with E-state index < -0.39 is 0 Å². The van der Waals surface area contributed by atoms with E-state index in [1.165, 1.54) is 12.8 Å². The fourth-order valence-corrected chi connectivity index (χ4v) is 2.73. The highest BCUT2D eigenvalue weighted by molar-refractivity contribution is 5.96. The molecular weight excluding hydrogens is 248 g/mol. The van der Waals surface area contributed by atoms with Gasteiger partial charge in [0.05, 0.1) is 6.54 Å². The van der Waals surface area contributed by atoms with E-state index in [1.807, 2.05) is 37.1 Å². The van der Waals surface area contributed by atoms with E-state index >= 15 is 0 Å². The first-order valence-corrected chi connectivity index (χ1v) is 7.20. The van der Waals surface area contributed by atoms with Crippen molar-refractivity contribution in [2.75, 3.05) is 13.6 Å². The van der Waals surface area contributed by atoms with Gasteiger partial charge < -0.3 is 10.6 Å². The van der Waals surface area contributed by atoms with Crippen LogP contribution in [0.4, 0.5) is 0 Å². The molecule has 0 aromatic heterocycles. The van der Waals surface area contributed by atoms with Crippen molar-refractivity contribution < 1.29 is 4.79 Å². The van der Waals surface area contributed by atoms with E-state index in [1.54, 1.807) is 0 Å². The van der Waals surface area contributed by atoms with Crippen LogP contribution in [0, 0.1) is 18.8 Å². The Morgan fingerprint density at radius 3 is 2.75 bits per heavy atom. The van der Waals surface area contributed by atoms with E-state index in [0.717, 1.165) is 29.5 Å². The van der Waals surface area contributed by atoms with Crippen molar-refractivity contribution in [1.82, 2.24) is 4.90 Å². The molecule has 1 aromatic carbocycles. The minimum Gasteiger partial charge on any atom is -0.339 e.